The smallest absolute Gasteiger partial charge is 0.262 e. The Kier molecular flexibility index (Phi) is 6.80. The molecule has 1 aromatic heterocycles. The first-order valence-electron chi connectivity index (χ1n) is 7.35. The fourth-order valence-electron chi connectivity index (χ4n) is 3.11. The molecule has 5 nitrogen and oxygen atoms in total. The van der Waals surface area contributed by atoms with Crippen LogP contribution in [0.1, 0.15) is 30.9 Å². The number of halogens is 4. The molecule has 2 fully saturated rings. The summed E-state index contributed by atoms with van der Waals surface area (Å²) >= 11 is 0. The van der Waals surface area contributed by atoms with Crippen LogP contribution in [0.3, 0.4) is 0 Å². The number of nitrogens with one attached hydrogen (secondary N) is 1. The van der Waals surface area contributed by atoms with Gasteiger partial charge in [-0.3, -0.25) is 14.8 Å². The van der Waals surface area contributed by atoms with E-state index in [0.717, 1.165) is 18.4 Å². The first-order chi connectivity index (χ1) is 9.94. The normalized spacial score (nSPS) is 26.3. The third kappa shape index (κ3) is 4.55. The van der Waals surface area contributed by atoms with Crippen molar-refractivity contribution in [2.45, 2.75) is 44.2 Å². The van der Waals surface area contributed by atoms with E-state index in [0.29, 0.717) is 13.1 Å². The summed E-state index contributed by atoms with van der Waals surface area (Å²) in [6, 6.07) is -0.614. The molecule has 1 aromatic rings. The summed E-state index contributed by atoms with van der Waals surface area (Å²) in [6.45, 7) is 2.75. The molecule has 0 aromatic carbocycles. The van der Waals surface area contributed by atoms with Gasteiger partial charge >= 0.3 is 0 Å². The zero-order chi connectivity index (χ0) is 15.0. The fraction of sp³-hybridized carbons (Fsp3) is 0.714. The lowest BCUT2D eigenvalue weighted by atomic mass is 10.0. The van der Waals surface area contributed by atoms with Crippen molar-refractivity contribution in [3.05, 3.63) is 18.0 Å². The SMILES string of the molecule is Cc1cnn(C2CCCN(C(=O)C3CC(F)(F)CN3)C2)c1.Cl.Cl. The van der Waals surface area contributed by atoms with Gasteiger partial charge in [0.15, 0.2) is 0 Å². The van der Waals surface area contributed by atoms with Crippen LogP contribution in [0.4, 0.5) is 8.78 Å². The minimum Gasteiger partial charge on any atom is -0.339 e. The molecule has 2 aliphatic heterocycles. The highest BCUT2D eigenvalue weighted by molar-refractivity contribution is 5.85. The number of rotatable bonds is 2. The van der Waals surface area contributed by atoms with Crippen LogP contribution < -0.4 is 5.32 Å². The highest BCUT2D eigenvalue weighted by atomic mass is 35.5. The minimum absolute atomic E-state index is 0. The maximum atomic E-state index is 13.2. The third-order valence-electron chi connectivity index (χ3n) is 4.22. The van der Waals surface area contributed by atoms with Gasteiger partial charge in [-0.1, -0.05) is 0 Å². The van der Waals surface area contributed by atoms with Gasteiger partial charge in [0.05, 0.1) is 24.8 Å². The van der Waals surface area contributed by atoms with Gasteiger partial charge in [-0.2, -0.15) is 5.10 Å². The number of piperidine rings is 1. The average molecular weight is 371 g/mol. The van der Waals surface area contributed by atoms with Crippen molar-refractivity contribution in [2.75, 3.05) is 19.6 Å². The number of hydrogen-bond donors (Lipinski definition) is 1. The third-order valence-corrected chi connectivity index (χ3v) is 4.22. The lowest BCUT2D eigenvalue weighted by Gasteiger charge is -2.34. The van der Waals surface area contributed by atoms with Crippen LogP contribution in [-0.4, -0.2) is 52.2 Å². The molecule has 0 spiro atoms. The summed E-state index contributed by atoms with van der Waals surface area (Å²) in [6.07, 6.45) is 5.19. The van der Waals surface area contributed by atoms with E-state index in [1.54, 1.807) is 11.1 Å². The Bertz CT molecular complexity index is 541. The fourth-order valence-corrected chi connectivity index (χ4v) is 3.11. The number of carbonyl (C=O) groups is 1. The van der Waals surface area contributed by atoms with Gasteiger partial charge in [0, 0.05) is 25.7 Å². The minimum atomic E-state index is -2.77. The molecule has 2 saturated heterocycles. The molecule has 0 aliphatic carbocycles. The molecule has 3 heterocycles. The Balaban J connectivity index is 0.00000132. The molecular formula is C14H22Cl2F2N4O. The van der Waals surface area contributed by atoms with Gasteiger partial charge in [0.2, 0.25) is 5.91 Å². The Morgan fingerprint density at radius 2 is 2.17 bits per heavy atom. The van der Waals surface area contributed by atoms with Crippen molar-refractivity contribution in [3.8, 4) is 0 Å². The molecule has 0 bridgehead atoms. The second-order valence-electron chi connectivity index (χ2n) is 6.07. The average Bonchev–Trinajstić information content (AvgIpc) is 3.04. The Morgan fingerprint density at radius 3 is 2.74 bits per heavy atom. The summed E-state index contributed by atoms with van der Waals surface area (Å²) in [5, 5.41) is 6.94. The molecule has 132 valence electrons. The number of aromatic nitrogens is 2. The van der Waals surface area contributed by atoms with Crippen molar-refractivity contribution in [2.24, 2.45) is 0 Å². The topological polar surface area (TPSA) is 50.2 Å². The molecular weight excluding hydrogens is 349 g/mol. The number of nitrogens with zero attached hydrogens (tertiary/aromatic N) is 3. The van der Waals surface area contributed by atoms with Crippen LogP contribution in [0.5, 0.6) is 0 Å². The monoisotopic (exact) mass is 370 g/mol. The molecule has 2 aliphatic rings. The van der Waals surface area contributed by atoms with E-state index in [1.807, 2.05) is 17.8 Å². The quantitative estimate of drug-likeness (QED) is 0.867. The standard InChI is InChI=1S/C14H20F2N4O.2ClH/c1-10-6-18-20(7-10)11-3-2-4-19(8-11)13(21)12-5-14(15,16)9-17-12;;/h6-7,11-12,17H,2-5,8-9H2,1H3;2*1H. The second-order valence-corrected chi connectivity index (χ2v) is 6.07. The molecule has 2 atom stereocenters. The number of hydrogen-bond acceptors (Lipinski definition) is 3. The van der Waals surface area contributed by atoms with Crippen molar-refractivity contribution < 1.29 is 13.6 Å². The van der Waals surface area contributed by atoms with Crippen LogP contribution in [0.25, 0.3) is 0 Å². The summed E-state index contributed by atoms with van der Waals surface area (Å²) in [5.41, 5.74) is 1.08. The van der Waals surface area contributed by atoms with Crippen LogP contribution in [0.2, 0.25) is 0 Å². The van der Waals surface area contributed by atoms with Gasteiger partial charge in [0.1, 0.15) is 0 Å². The predicted molar refractivity (Wildman–Crippen MR) is 87.7 cm³/mol. The lowest BCUT2D eigenvalue weighted by molar-refractivity contribution is -0.135. The van der Waals surface area contributed by atoms with Crippen LogP contribution >= 0.6 is 24.8 Å². The first-order valence-corrected chi connectivity index (χ1v) is 7.35. The van der Waals surface area contributed by atoms with Crippen molar-refractivity contribution >= 4 is 30.7 Å². The van der Waals surface area contributed by atoms with Crippen LogP contribution in [0, 0.1) is 6.92 Å². The molecule has 9 heteroatoms. The molecule has 23 heavy (non-hydrogen) atoms. The Morgan fingerprint density at radius 1 is 1.43 bits per heavy atom. The van der Waals surface area contributed by atoms with Crippen molar-refractivity contribution in [1.29, 1.82) is 0 Å². The Labute approximate surface area is 146 Å². The van der Waals surface area contributed by atoms with Crippen molar-refractivity contribution in [1.82, 2.24) is 20.0 Å². The molecule has 0 saturated carbocycles. The predicted octanol–water partition coefficient (Wildman–Crippen LogP) is 2.20. The number of amides is 1. The molecule has 2 unspecified atom stereocenters. The summed E-state index contributed by atoms with van der Waals surface area (Å²) < 4.78 is 28.3. The molecule has 3 rings (SSSR count). The van der Waals surface area contributed by atoms with Crippen molar-refractivity contribution in [3.63, 3.8) is 0 Å². The highest BCUT2D eigenvalue weighted by Crippen LogP contribution is 2.28. The lowest BCUT2D eigenvalue weighted by Crippen LogP contribution is -2.48. The largest absolute Gasteiger partial charge is 0.339 e. The van der Waals surface area contributed by atoms with E-state index in [-0.39, 0.29) is 36.8 Å². The van der Waals surface area contributed by atoms with E-state index < -0.39 is 24.9 Å². The summed E-state index contributed by atoms with van der Waals surface area (Å²) in [7, 11) is 0. The maximum absolute atomic E-state index is 13.2. The Hall–Kier alpha value is -0.920. The van der Waals surface area contributed by atoms with Crippen LogP contribution in [-0.2, 0) is 4.79 Å². The number of aryl methyl sites for hydroxylation is 1. The van der Waals surface area contributed by atoms with Gasteiger partial charge in [0.25, 0.3) is 5.92 Å². The summed E-state index contributed by atoms with van der Waals surface area (Å²) in [4.78, 5) is 14.1. The number of carbonyl (C=O) groups excluding carboxylic acids is 1. The van der Waals surface area contributed by atoms with E-state index in [1.165, 1.54) is 0 Å². The maximum Gasteiger partial charge on any atom is 0.262 e. The molecule has 0 radical (unpaired) electrons. The number of likely N-dealkylation sites (tertiary alicyclic amines) is 1. The molecule has 1 amide bonds. The zero-order valence-corrected chi connectivity index (χ0v) is 14.5. The van der Waals surface area contributed by atoms with E-state index >= 15 is 0 Å². The highest BCUT2D eigenvalue weighted by Gasteiger charge is 2.44. The van der Waals surface area contributed by atoms with Gasteiger partial charge in [-0.15, -0.1) is 24.8 Å². The number of alkyl halides is 2. The zero-order valence-electron chi connectivity index (χ0n) is 12.9. The van der Waals surface area contributed by atoms with E-state index in [2.05, 4.69) is 10.4 Å². The van der Waals surface area contributed by atoms with E-state index in [4.69, 9.17) is 0 Å². The van der Waals surface area contributed by atoms with E-state index in [9.17, 15) is 13.6 Å². The van der Waals surface area contributed by atoms with Crippen LogP contribution in [0.15, 0.2) is 12.4 Å². The first kappa shape index (κ1) is 20.1. The molecule has 1 N–H and O–H groups in total. The van der Waals surface area contributed by atoms with Gasteiger partial charge < -0.3 is 4.90 Å². The van der Waals surface area contributed by atoms with Gasteiger partial charge in [-0.25, -0.2) is 8.78 Å². The van der Waals surface area contributed by atoms with Gasteiger partial charge in [-0.05, 0) is 25.3 Å². The second kappa shape index (κ2) is 7.77. The summed E-state index contributed by atoms with van der Waals surface area (Å²) in [5.74, 6) is -2.98.